The molecule has 1 radical (unpaired) electrons. The standard InChI is InChI=1S/C7H11BN/c1-7(2,3)6-8-4-5-9-6/h4-5H,1-3H3. The molecule has 1 rings (SSSR count). The van der Waals surface area contributed by atoms with E-state index < -0.39 is 0 Å². The minimum atomic E-state index is 0.212. The van der Waals surface area contributed by atoms with E-state index in [0.29, 0.717) is 0 Å². The van der Waals surface area contributed by atoms with Crippen LogP contribution in [0.3, 0.4) is 0 Å². The van der Waals surface area contributed by atoms with Gasteiger partial charge in [-0.1, -0.05) is 26.7 Å². The van der Waals surface area contributed by atoms with Crippen molar-refractivity contribution < 1.29 is 0 Å². The Morgan fingerprint density at radius 1 is 1.44 bits per heavy atom. The van der Waals surface area contributed by atoms with Gasteiger partial charge in [-0.3, -0.25) is 4.99 Å². The van der Waals surface area contributed by atoms with Crippen LogP contribution >= 0.6 is 0 Å². The van der Waals surface area contributed by atoms with Gasteiger partial charge in [0.1, 0.15) is 0 Å². The zero-order valence-corrected chi connectivity index (χ0v) is 6.18. The Morgan fingerprint density at radius 2 is 2.11 bits per heavy atom. The Kier molecular flexibility index (Phi) is 1.48. The fourth-order valence-electron chi connectivity index (χ4n) is 0.744. The van der Waals surface area contributed by atoms with Crippen LogP contribution < -0.4 is 0 Å². The largest absolute Gasteiger partial charge is 0.276 e. The van der Waals surface area contributed by atoms with E-state index in [4.69, 9.17) is 0 Å². The van der Waals surface area contributed by atoms with Crippen LogP contribution in [0, 0.1) is 5.41 Å². The Morgan fingerprint density at radius 3 is 2.33 bits per heavy atom. The summed E-state index contributed by atoms with van der Waals surface area (Å²) in [4.78, 5) is 4.19. The van der Waals surface area contributed by atoms with Gasteiger partial charge >= 0.3 is 0 Å². The van der Waals surface area contributed by atoms with E-state index in [1.807, 2.05) is 12.2 Å². The summed E-state index contributed by atoms with van der Waals surface area (Å²) in [5, 5.41) is 0. The topological polar surface area (TPSA) is 12.4 Å². The molecule has 0 saturated heterocycles. The van der Waals surface area contributed by atoms with Crippen molar-refractivity contribution >= 4 is 12.9 Å². The SMILES string of the molecule is CC(C)(C)C1=NC=C[B]1. The van der Waals surface area contributed by atoms with E-state index in [1.165, 1.54) is 5.61 Å². The first kappa shape index (κ1) is 6.59. The van der Waals surface area contributed by atoms with Gasteiger partial charge in [0.2, 0.25) is 7.28 Å². The van der Waals surface area contributed by atoms with Crippen molar-refractivity contribution in [2.24, 2.45) is 10.4 Å². The van der Waals surface area contributed by atoms with Gasteiger partial charge in [-0.15, -0.1) is 0 Å². The summed E-state index contributed by atoms with van der Waals surface area (Å²) >= 11 is 0. The number of hydrogen-bond donors (Lipinski definition) is 0. The van der Waals surface area contributed by atoms with Crippen molar-refractivity contribution in [3.63, 3.8) is 0 Å². The second-order valence-electron chi connectivity index (χ2n) is 3.27. The van der Waals surface area contributed by atoms with Gasteiger partial charge in [0, 0.05) is 6.20 Å². The predicted molar refractivity (Wildman–Crippen MR) is 41.8 cm³/mol. The summed E-state index contributed by atoms with van der Waals surface area (Å²) in [6, 6.07) is 0. The molecule has 1 aliphatic heterocycles. The van der Waals surface area contributed by atoms with Crippen molar-refractivity contribution in [3.05, 3.63) is 12.2 Å². The van der Waals surface area contributed by atoms with Gasteiger partial charge in [0.25, 0.3) is 0 Å². The second-order valence-corrected chi connectivity index (χ2v) is 3.27. The third-order valence-electron chi connectivity index (χ3n) is 1.32. The number of hydrogen-bond acceptors (Lipinski definition) is 1. The van der Waals surface area contributed by atoms with Gasteiger partial charge in [0.05, 0.1) is 0 Å². The zero-order chi connectivity index (χ0) is 6.91. The lowest BCUT2D eigenvalue weighted by atomic mass is 9.64. The third kappa shape index (κ3) is 1.44. The molecule has 0 N–H and O–H groups in total. The van der Waals surface area contributed by atoms with Crippen LogP contribution in [-0.4, -0.2) is 12.9 Å². The molecule has 0 amide bonds. The summed E-state index contributed by atoms with van der Waals surface area (Å²) < 4.78 is 0. The lowest BCUT2D eigenvalue weighted by Crippen LogP contribution is -2.23. The van der Waals surface area contributed by atoms with Crippen molar-refractivity contribution in [1.29, 1.82) is 0 Å². The van der Waals surface area contributed by atoms with E-state index in [-0.39, 0.29) is 5.41 Å². The molecule has 0 aliphatic carbocycles. The summed E-state index contributed by atoms with van der Waals surface area (Å²) in [7, 11) is 2.06. The molecular weight excluding hydrogens is 109 g/mol. The molecule has 1 heterocycles. The minimum absolute atomic E-state index is 0.212. The molecule has 1 aliphatic rings. The van der Waals surface area contributed by atoms with E-state index >= 15 is 0 Å². The summed E-state index contributed by atoms with van der Waals surface area (Å²) in [5.74, 6) is 1.97. The van der Waals surface area contributed by atoms with Crippen LogP contribution in [0.2, 0.25) is 0 Å². The highest BCUT2D eigenvalue weighted by Crippen LogP contribution is 2.17. The molecular formula is C7H11BN. The molecule has 0 aromatic heterocycles. The van der Waals surface area contributed by atoms with Crippen LogP contribution in [-0.2, 0) is 0 Å². The lowest BCUT2D eigenvalue weighted by molar-refractivity contribution is 0.600. The lowest BCUT2D eigenvalue weighted by Gasteiger charge is -2.17. The first-order valence-corrected chi connectivity index (χ1v) is 3.19. The molecule has 0 fully saturated rings. The smallest absolute Gasteiger partial charge is 0.203 e. The quantitative estimate of drug-likeness (QED) is 0.430. The first-order valence-electron chi connectivity index (χ1n) is 3.19. The molecule has 0 aromatic rings. The monoisotopic (exact) mass is 120 g/mol. The predicted octanol–water partition coefficient (Wildman–Crippen LogP) is 1.62. The van der Waals surface area contributed by atoms with E-state index in [2.05, 4.69) is 33.0 Å². The summed E-state index contributed by atoms with van der Waals surface area (Å²) in [6.07, 6.45) is 1.83. The van der Waals surface area contributed by atoms with Gasteiger partial charge < -0.3 is 0 Å². The van der Waals surface area contributed by atoms with Gasteiger partial charge in [-0.05, 0) is 11.0 Å². The molecule has 0 saturated carbocycles. The molecule has 0 spiro atoms. The highest BCUT2D eigenvalue weighted by Gasteiger charge is 2.19. The minimum Gasteiger partial charge on any atom is -0.276 e. The summed E-state index contributed by atoms with van der Waals surface area (Å²) in [6.45, 7) is 6.49. The maximum atomic E-state index is 4.19. The van der Waals surface area contributed by atoms with Gasteiger partial charge in [-0.25, -0.2) is 0 Å². The molecule has 1 nitrogen and oxygen atoms in total. The van der Waals surface area contributed by atoms with Crippen molar-refractivity contribution in [3.8, 4) is 0 Å². The first-order chi connectivity index (χ1) is 4.11. The number of rotatable bonds is 0. The van der Waals surface area contributed by atoms with Gasteiger partial charge in [0.15, 0.2) is 0 Å². The average molecular weight is 120 g/mol. The maximum Gasteiger partial charge on any atom is 0.203 e. The van der Waals surface area contributed by atoms with Crippen molar-refractivity contribution in [1.82, 2.24) is 0 Å². The number of nitrogens with zero attached hydrogens (tertiary/aromatic N) is 1. The van der Waals surface area contributed by atoms with Crippen LogP contribution in [0.5, 0.6) is 0 Å². The average Bonchev–Trinajstić information content (AvgIpc) is 2.08. The highest BCUT2D eigenvalue weighted by molar-refractivity contribution is 6.81. The molecule has 2 heteroatoms. The van der Waals surface area contributed by atoms with Crippen molar-refractivity contribution in [2.75, 3.05) is 0 Å². The maximum absolute atomic E-state index is 4.19. The highest BCUT2D eigenvalue weighted by atomic mass is 14.7. The summed E-state index contributed by atoms with van der Waals surface area (Å²) in [5.41, 5.74) is 1.38. The van der Waals surface area contributed by atoms with Crippen LogP contribution in [0.15, 0.2) is 17.2 Å². The third-order valence-corrected chi connectivity index (χ3v) is 1.32. The van der Waals surface area contributed by atoms with Crippen LogP contribution in [0.1, 0.15) is 20.8 Å². The Hall–Kier alpha value is -0.525. The molecule has 0 bridgehead atoms. The second kappa shape index (κ2) is 2.01. The van der Waals surface area contributed by atoms with E-state index in [9.17, 15) is 0 Å². The van der Waals surface area contributed by atoms with Crippen LogP contribution in [0.25, 0.3) is 0 Å². The zero-order valence-electron chi connectivity index (χ0n) is 6.18. The van der Waals surface area contributed by atoms with E-state index in [1.54, 1.807) is 0 Å². The molecule has 9 heavy (non-hydrogen) atoms. The fourth-order valence-corrected chi connectivity index (χ4v) is 0.744. The molecule has 0 unspecified atom stereocenters. The molecule has 0 atom stereocenters. The normalized spacial score (nSPS) is 17.4. The Bertz CT molecular complexity index is 162. The van der Waals surface area contributed by atoms with Gasteiger partial charge in [-0.2, -0.15) is 0 Å². The van der Waals surface area contributed by atoms with Crippen LogP contribution in [0.4, 0.5) is 0 Å². The van der Waals surface area contributed by atoms with Crippen molar-refractivity contribution in [2.45, 2.75) is 20.8 Å². The Labute approximate surface area is 57.1 Å². The van der Waals surface area contributed by atoms with E-state index in [0.717, 1.165) is 0 Å². The molecule has 47 valence electrons. The Balaban J connectivity index is 2.66. The fraction of sp³-hybridized carbons (Fsp3) is 0.571. The number of aliphatic imine (C=N–C) groups is 1. The molecule has 0 aromatic carbocycles.